The molecule has 558 valence electrons. The highest BCUT2D eigenvalue weighted by atomic mass is 16.5. The van der Waals surface area contributed by atoms with Crippen molar-refractivity contribution in [1.82, 2.24) is 0 Å². The zero-order valence-electron chi connectivity index (χ0n) is 58.6. The Kier molecular flexibility index (Phi) is 19.3. The molecule has 21 aromatic rings. The average Bonchev–Trinajstić information content (AvgIpc) is 1.60. The van der Waals surface area contributed by atoms with Gasteiger partial charge in [-0.05, 0) is 129 Å². The van der Waals surface area contributed by atoms with E-state index in [1.807, 2.05) is 62.4 Å². The van der Waals surface area contributed by atoms with Gasteiger partial charge in [0.2, 0.25) is 23.0 Å². The van der Waals surface area contributed by atoms with Crippen molar-refractivity contribution in [2.75, 3.05) is 20.8 Å². The summed E-state index contributed by atoms with van der Waals surface area (Å²) in [4.78, 5) is 77.7. The van der Waals surface area contributed by atoms with E-state index in [1.165, 1.54) is 86.6 Å². The number of phenols is 4. The van der Waals surface area contributed by atoms with Gasteiger partial charge in [0.1, 0.15) is 57.4 Å². The van der Waals surface area contributed by atoms with Crippen LogP contribution in [0, 0.1) is 0 Å². The Labute approximate surface area is 620 Å². The molecule has 14 aromatic heterocycles. The molecule has 0 spiro atoms. The highest BCUT2D eigenvalue weighted by molar-refractivity contribution is 6.07. The van der Waals surface area contributed by atoms with Crippen molar-refractivity contribution >= 4 is 154 Å². The van der Waals surface area contributed by atoms with E-state index in [2.05, 4.69) is 0 Å². The SMILES string of the molecule is CC(C)=CCOc1c2occc2cc2ccc(=O)oc12.COc1c2ccoc2cc2oc(=O)ccc12.COc1c2occc2cc2ccc(=O)oc12.O=c1ccc2c(O)c3ccoc3c(O)c2o1.O=c1ccc2c(O)c3ccoc3cc2o1.O=c1ccc2cc3ccoc3c(O)c2o1.O=c1ccc2cc3ccoc3cc2o1. The normalized spacial score (nSPS) is 11.1. The molecule has 4 N–H and O–H groups in total. The second kappa shape index (κ2) is 30.2. The third-order valence-corrected chi connectivity index (χ3v) is 17.3. The first-order valence-electron chi connectivity index (χ1n) is 33.4. The molecule has 0 aliphatic rings. The van der Waals surface area contributed by atoms with Gasteiger partial charge in [-0.15, -0.1) is 0 Å². The Morgan fingerprint density at radius 3 is 1.22 bits per heavy atom. The summed E-state index contributed by atoms with van der Waals surface area (Å²) in [5.41, 5.74) is 3.78. The molecule has 112 heavy (non-hydrogen) atoms. The minimum Gasteiger partial charge on any atom is -0.506 e. The van der Waals surface area contributed by atoms with Gasteiger partial charge in [-0.25, -0.2) is 33.6 Å². The third kappa shape index (κ3) is 14.3. The van der Waals surface area contributed by atoms with Crippen molar-refractivity contribution in [1.29, 1.82) is 0 Å². The quantitative estimate of drug-likeness (QED) is 0.0706. The number of methoxy groups -OCH3 is 2. The maximum absolute atomic E-state index is 11.4. The van der Waals surface area contributed by atoms with Crippen molar-refractivity contribution < 1.29 is 96.5 Å². The van der Waals surface area contributed by atoms with Crippen LogP contribution in [0.3, 0.4) is 0 Å². The molecule has 28 heteroatoms. The molecular formula is C84H54O28. The first kappa shape index (κ1) is 71.7. The van der Waals surface area contributed by atoms with Gasteiger partial charge in [-0.1, -0.05) is 5.57 Å². The van der Waals surface area contributed by atoms with Crippen LogP contribution in [0.5, 0.6) is 40.2 Å². The molecule has 0 saturated carbocycles. The standard InChI is InChI=1S/C16H14O4.2C12H8O4.C11H6O5.2C11H6O4.C11H6O3/c1-10(2)5-7-19-16-14-12(6-8-18-14)9-11-3-4-13(17)20-15(11)16;1-14-12-7-2-3-11(13)16-10(7)6-9-8(12)4-5-15-9;1-14-12-10-8(4-5-15-10)6-7-2-3-9(13)16-11(7)12;12-7-2-1-5-8(13)6-3-4-15-10(6)9(14)11(5)16-7;12-10-2-1-6-9(15-10)5-8-7(11(6)13)3-4-14-8;12-8-2-1-6-5-7-3-4-14-10(7)9(13)11(6)15-8;12-11-2-1-7-5-8-3-4-13-9(8)6-10(7)14-11/h3-6,8-9H,7H2,1-2H3;2*2-6H,1H3;1-4,13-14H;2*1-5,13H;1-6H. The highest BCUT2D eigenvalue weighted by Gasteiger charge is 2.20. The molecule has 21 rings (SSSR count). The summed E-state index contributed by atoms with van der Waals surface area (Å²) < 4.78 is 87.9. The summed E-state index contributed by atoms with van der Waals surface area (Å²) in [6, 6.07) is 45.5. The Balaban J connectivity index is 0.000000104. The number of aromatic hydroxyl groups is 4. The number of phenolic OH excluding ortho intramolecular Hbond substituents is 4. The number of hydrogen-bond donors (Lipinski definition) is 4. The molecular weight excluding hydrogens is 1460 g/mol. The fourth-order valence-corrected chi connectivity index (χ4v) is 12.1. The molecule has 0 bridgehead atoms. The Hall–Kier alpha value is -15.9. The molecule has 14 heterocycles. The van der Waals surface area contributed by atoms with Gasteiger partial charge in [0.15, 0.2) is 44.7 Å². The van der Waals surface area contributed by atoms with Gasteiger partial charge >= 0.3 is 39.4 Å². The fourth-order valence-electron chi connectivity index (χ4n) is 12.1. The average molecular weight is 1510 g/mol. The summed E-state index contributed by atoms with van der Waals surface area (Å²) in [7, 11) is 3.09. The van der Waals surface area contributed by atoms with Crippen LogP contribution in [-0.2, 0) is 0 Å². The van der Waals surface area contributed by atoms with Crippen molar-refractivity contribution in [3.63, 3.8) is 0 Å². The lowest BCUT2D eigenvalue weighted by Crippen LogP contribution is -1.99. The maximum atomic E-state index is 11.4. The number of ether oxygens (including phenoxy) is 3. The lowest BCUT2D eigenvalue weighted by molar-refractivity contribution is 0.355. The lowest BCUT2D eigenvalue weighted by atomic mass is 10.1. The van der Waals surface area contributed by atoms with Gasteiger partial charge in [-0.3, -0.25) is 0 Å². The van der Waals surface area contributed by atoms with E-state index in [1.54, 1.807) is 98.9 Å². The van der Waals surface area contributed by atoms with Gasteiger partial charge < -0.3 is 96.5 Å². The van der Waals surface area contributed by atoms with Crippen molar-refractivity contribution in [3.05, 3.63) is 298 Å². The number of fused-ring (bicyclic) bond motifs is 14. The zero-order valence-corrected chi connectivity index (χ0v) is 58.6. The van der Waals surface area contributed by atoms with E-state index in [-0.39, 0.29) is 56.4 Å². The fraction of sp³-hybridized carbons (Fsp3) is 0.0595. The van der Waals surface area contributed by atoms with Crippen molar-refractivity contribution in [2.45, 2.75) is 13.8 Å². The van der Waals surface area contributed by atoms with Crippen LogP contribution < -0.4 is 53.6 Å². The summed E-state index contributed by atoms with van der Waals surface area (Å²) in [5, 5.41) is 49.5. The first-order chi connectivity index (χ1) is 54.2. The zero-order chi connectivity index (χ0) is 78.0. The third-order valence-electron chi connectivity index (χ3n) is 17.3. The van der Waals surface area contributed by atoms with E-state index in [4.69, 9.17) is 76.1 Å². The summed E-state index contributed by atoms with van der Waals surface area (Å²) in [6.07, 6.45) is 12.6. The van der Waals surface area contributed by atoms with E-state index < -0.39 is 28.1 Å². The van der Waals surface area contributed by atoms with Crippen LogP contribution in [0.2, 0.25) is 0 Å². The van der Waals surface area contributed by atoms with Crippen LogP contribution in [0.4, 0.5) is 0 Å². The molecule has 0 amide bonds. The minimum absolute atomic E-state index is 0.0694. The van der Waals surface area contributed by atoms with Gasteiger partial charge in [-0.2, -0.15) is 0 Å². The molecule has 0 saturated heterocycles. The van der Waals surface area contributed by atoms with Crippen molar-refractivity contribution in [3.8, 4) is 40.2 Å². The molecule has 28 nitrogen and oxygen atoms in total. The Morgan fingerprint density at radius 2 is 0.616 bits per heavy atom. The van der Waals surface area contributed by atoms with Crippen LogP contribution in [0.1, 0.15) is 13.8 Å². The minimum atomic E-state index is -0.604. The van der Waals surface area contributed by atoms with Gasteiger partial charge in [0.05, 0.1) is 90.4 Å². The summed E-state index contributed by atoms with van der Waals surface area (Å²) in [6.45, 7) is 4.39. The van der Waals surface area contributed by atoms with E-state index in [0.717, 1.165) is 59.6 Å². The van der Waals surface area contributed by atoms with Gasteiger partial charge in [0.25, 0.3) is 0 Å². The monoisotopic (exact) mass is 1510 g/mol. The largest absolute Gasteiger partial charge is 0.506 e. The summed E-state index contributed by atoms with van der Waals surface area (Å²) in [5.74, 6) is 1.15. The number of benzene rings is 7. The molecule has 0 atom stereocenters. The predicted octanol–water partition coefficient (Wildman–Crippen LogP) is 18.0. The number of allylic oxidation sites excluding steroid dienone is 1. The first-order valence-corrected chi connectivity index (χ1v) is 33.4. The Bertz CT molecular complexity index is 7650. The maximum Gasteiger partial charge on any atom is 0.336 e. The van der Waals surface area contributed by atoms with Crippen LogP contribution >= 0.6 is 0 Å². The van der Waals surface area contributed by atoms with Crippen LogP contribution in [-0.4, -0.2) is 41.3 Å². The molecule has 0 radical (unpaired) electrons. The lowest BCUT2D eigenvalue weighted by Gasteiger charge is -2.07. The molecule has 0 aliphatic carbocycles. The predicted molar refractivity (Wildman–Crippen MR) is 410 cm³/mol. The number of hydrogen-bond acceptors (Lipinski definition) is 28. The number of rotatable bonds is 5. The molecule has 0 aliphatic heterocycles. The molecule has 0 unspecified atom stereocenters. The Morgan fingerprint density at radius 1 is 0.277 bits per heavy atom. The smallest absolute Gasteiger partial charge is 0.336 e. The molecule has 7 aromatic carbocycles. The second-order valence-corrected chi connectivity index (χ2v) is 24.6. The topological polar surface area (TPSA) is 412 Å². The van der Waals surface area contributed by atoms with E-state index in [0.29, 0.717) is 101 Å². The van der Waals surface area contributed by atoms with Crippen molar-refractivity contribution in [2.24, 2.45) is 0 Å². The molecule has 0 fully saturated rings. The number of furan rings is 7. The van der Waals surface area contributed by atoms with E-state index in [9.17, 15) is 54.0 Å². The van der Waals surface area contributed by atoms with Crippen LogP contribution in [0.25, 0.3) is 154 Å². The van der Waals surface area contributed by atoms with Gasteiger partial charge in [0, 0.05) is 104 Å². The summed E-state index contributed by atoms with van der Waals surface area (Å²) >= 11 is 0. The van der Waals surface area contributed by atoms with Crippen LogP contribution in [0.15, 0.2) is 321 Å². The van der Waals surface area contributed by atoms with E-state index >= 15 is 0 Å². The highest BCUT2D eigenvalue weighted by Crippen LogP contribution is 2.43. The second-order valence-electron chi connectivity index (χ2n) is 24.6.